The molecule has 25 heavy (non-hydrogen) atoms. The summed E-state index contributed by atoms with van der Waals surface area (Å²) in [5.74, 6) is 0.205. The summed E-state index contributed by atoms with van der Waals surface area (Å²) in [4.78, 5) is 31.2. The normalized spacial score (nSPS) is 24.3. The molecule has 1 atom stereocenters. The van der Waals surface area contributed by atoms with Gasteiger partial charge in [-0.2, -0.15) is 11.3 Å². The van der Waals surface area contributed by atoms with Gasteiger partial charge in [0.05, 0.1) is 17.6 Å². The van der Waals surface area contributed by atoms with E-state index in [9.17, 15) is 9.59 Å². The molecule has 1 aromatic heterocycles. The molecule has 2 saturated heterocycles. The van der Waals surface area contributed by atoms with Crippen LogP contribution < -0.4 is 4.90 Å². The second-order valence-electron chi connectivity index (χ2n) is 6.88. The third-order valence-electron chi connectivity index (χ3n) is 5.39. The molecule has 4 rings (SSSR count). The van der Waals surface area contributed by atoms with E-state index in [1.54, 1.807) is 11.3 Å². The van der Waals surface area contributed by atoms with Gasteiger partial charge in [-0.3, -0.25) is 14.5 Å². The van der Waals surface area contributed by atoms with Crippen molar-refractivity contribution in [3.63, 3.8) is 0 Å². The number of hydrogen-bond acceptors (Lipinski definition) is 4. The fraction of sp³-hybridized carbons (Fsp3) is 0.368. The number of carbonyl (C=O) groups is 2. The number of benzene rings is 1. The molecule has 5 nitrogen and oxygen atoms in total. The molecule has 6 heteroatoms. The molecule has 0 aliphatic carbocycles. The fourth-order valence-electron chi connectivity index (χ4n) is 3.84. The Morgan fingerprint density at radius 1 is 1.16 bits per heavy atom. The summed E-state index contributed by atoms with van der Waals surface area (Å²) in [6, 6.07) is 11.7. The molecule has 2 amide bonds. The Labute approximate surface area is 151 Å². The van der Waals surface area contributed by atoms with E-state index in [1.165, 1.54) is 0 Å². The number of piperazine rings is 1. The summed E-state index contributed by atoms with van der Waals surface area (Å²) < 4.78 is 0. The Kier molecular flexibility index (Phi) is 4.09. The van der Waals surface area contributed by atoms with E-state index >= 15 is 0 Å². The molecule has 130 valence electrons. The van der Waals surface area contributed by atoms with Crippen LogP contribution in [-0.2, 0) is 4.79 Å². The van der Waals surface area contributed by atoms with Gasteiger partial charge >= 0.3 is 0 Å². The van der Waals surface area contributed by atoms with E-state index in [4.69, 9.17) is 0 Å². The molecule has 2 aliphatic rings. The van der Waals surface area contributed by atoms with Gasteiger partial charge in [0, 0.05) is 30.7 Å². The number of thiophene rings is 1. The lowest BCUT2D eigenvalue weighted by Gasteiger charge is -2.46. The fourth-order valence-corrected chi connectivity index (χ4v) is 4.47. The minimum absolute atomic E-state index is 0.0923. The van der Waals surface area contributed by atoms with E-state index in [-0.39, 0.29) is 17.4 Å². The van der Waals surface area contributed by atoms with Gasteiger partial charge in [-0.15, -0.1) is 0 Å². The number of likely N-dealkylation sites (tertiary alicyclic amines) is 1. The first-order valence-electron chi connectivity index (χ1n) is 8.47. The molecule has 2 fully saturated rings. The summed E-state index contributed by atoms with van der Waals surface area (Å²) >= 11 is 1.54. The number of nitrogens with zero attached hydrogens (tertiary/aromatic N) is 3. The Bertz CT molecular complexity index is 777. The standard InChI is InChI=1S/C19H21N3O2S/c1-20-11-17(23)22(16-5-3-2-4-6-16)14-19(20)8-9-21(13-19)18(24)15-7-10-25-12-15/h2-7,10,12H,8-9,11,13-14H2,1H3/t19-/m0/s1. The van der Waals surface area contributed by atoms with Crippen molar-refractivity contribution in [3.8, 4) is 0 Å². The number of para-hydroxylation sites is 1. The number of carbonyl (C=O) groups excluding carboxylic acids is 2. The highest BCUT2D eigenvalue weighted by atomic mass is 32.1. The lowest BCUT2D eigenvalue weighted by molar-refractivity contribution is -0.123. The Balaban J connectivity index is 1.56. The molecular formula is C19H21N3O2S. The van der Waals surface area contributed by atoms with Crippen molar-refractivity contribution in [2.75, 3.05) is 38.1 Å². The number of rotatable bonds is 2. The second-order valence-corrected chi connectivity index (χ2v) is 7.66. The van der Waals surface area contributed by atoms with Gasteiger partial charge in [0.2, 0.25) is 5.91 Å². The molecule has 0 radical (unpaired) electrons. The first-order valence-corrected chi connectivity index (χ1v) is 9.41. The van der Waals surface area contributed by atoms with Gasteiger partial charge in [0.1, 0.15) is 0 Å². The molecule has 1 spiro atoms. The summed E-state index contributed by atoms with van der Waals surface area (Å²) in [5, 5.41) is 3.83. The maximum absolute atomic E-state index is 12.7. The van der Waals surface area contributed by atoms with Crippen LogP contribution in [0.5, 0.6) is 0 Å². The summed E-state index contributed by atoms with van der Waals surface area (Å²) in [5.41, 5.74) is 1.52. The van der Waals surface area contributed by atoms with Crippen molar-refractivity contribution in [2.45, 2.75) is 12.0 Å². The Morgan fingerprint density at radius 3 is 2.68 bits per heavy atom. The van der Waals surface area contributed by atoms with Crippen LogP contribution in [0.25, 0.3) is 0 Å². The third kappa shape index (κ3) is 2.85. The Hall–Kier alpha value is -2.18. The quantitative estimate of drug-likeness (QED) is 0.830. The van der Waals surface area contributed by atoms with Crippen molar-refractivity contribution in [1.29, 1.82) is 0 Å². The van der Waals surface area contributed by atoms with Crippen LogP contribution in [-0.4, -0.2) is 60.4 Å². The predicted molar refractivity (Wildman–Crippen MR) is 99.0 cm³/mol. The zero-order chi connectivity index (χ0) is 17.4. The van der Waals surface area contributed by atoms with Crippen LogP contribution in [0, 0.1) is 0 Å². The smallest absolute Gasteiger partial charge is 0.254 e. The zero-order valence-corrected chi connectivity index (χ0v) is 15.0. The third-order valence-corrected chi connectivity index (χ3v) is 6.07. The highest BCUT2D eigenvalue weighted by Crippen LogP contribution is 2.34. The molecule has 0 unspecified atom stereocenters. The minimum Gasteiger partial charge on any atom is -0.337 e. The summed E-state index contributed by atoms with van der Waals surface area (Å²) in [6.07, 6.45) is 0.885. The molecule has 0 bridgehead atoms. The van der Waals surface area contributed by atoms with Crippen molar-refractivity contribution in [2.24, 2.45) is 0 Å². The van der Waals surface area contributed by atoms with Crippen LogP contribution in [0.3, 0.4) is 0 Å². The van der Waals surface area contributed by atoms with Crippen molar-refractivity contribution in [1.82, 2.24) is 9.80 Å². The van der Waals surface area contributed by atoms with Gasteiger partial charge in [0.15, 0.2) is 0 Å². The summed E-state index contributed by atoms with van der Waals surface area (Å²) in [7, 11) is 2.00. The maximum Gasteiger partial charge on any atom is 0.254 e. The maximum atomic E-state index is 12.7. The van der Waals surface area contributed by atoms with Crippen LogP contribution >= 0.6 is 11.3 Å². The van der Waals surface area contributed by atoms with Crippen LogP contribution in [0.4, 0.5) is 5.69 Å². The topological polar surface area (TPSA) is 43.9 Å². The molecule has 0 saturated carbocycles. The monoisotopic (exact) mass is 355 g/mol. The average molecular weight is 355 g/mol. The number of hydrogen-bond donors (Lipinski definition) is 0. The first kappa shape index (κ1) is 16.3. The molecular weight excluding hydrogens is 334 g/mol. The zero-order valence-electron chi connectivity index (χ0n) is 14.2. The van der Waals surface area contributed by atoms with E-state index < -0.39 is 0 Å². The van der Waals surface area contributed by atoms with Crippen molar-refractivity contribution in [3.05, 3.63) is 52.7 Å². The first-order chi connectivity index (χ1) is 12.1. The molecule has 2 aliphatic heterocycles. The van der Waals surface area contributed by atoms with Gasteiger partial charge in [-0.1, -0.05) is 18.2 Å². The van der Waals surface area contributed by atoms with E-state index in [0.29, 0.717) is 19.6 Å². The number of anilines is 1. The van der Waals surface area contributed by atoms with E-state index in [0.717, 1.165) is 24.2 Å². The average Bonchev–Trinajstić information content (AvgIpc) is 3.30. The molecule has 1 aromatic carbocycles. The minimum atomic E-state index is -0.171. The molecule has 0 N–H and O–H groups in total. The van der Waals surface area contributed by atoms with Crippen LogP contribution in [0.2, 0.25) is 0 Å². The van der Waals surface area contributed by atoms with Gasteiger partial charge in [-0.25, -0.2) is 0 Å². The highest BCUT2D eigenvalue weighted by molar-refractivity contribution is 7.08. The predicted octanol–water partition coefficient (Wildman–Crippen LogP) is 2.31. The van der Waals surface area contributed by atoms with Crippen molar-refractivity contribution < 1.29 is 9.59 Å². The lowest BCUT2D eigenvalue weighted by atomic mass is 9.92. The highest BCUT2D eigenvalue weighted by Gasteiger charge is 2.48. The Morgan fingerprint density at radius 2 is 1.96 bits per heavy atom. The van der Waals surface area contributed by atoms with Gasteiger partial charge < -0.3 is 9.80 Å². The van der Waals surface area contributed by atoms with Crippen molar-refractivity contribution >= 4 is 28.8 Å². The van der Waals surface area contributed by atoms with Gasteiger partial charge in [0.25, 0.3) is 5.91 Å². The summed E-state index contributed by atoms with van der Waals surface area (Å²) in [6.45, 7) is 2.40. The number of likely N-dealkylation sites (N-methyl/N-ethyl adjacent to an activating group) is 1. The molecule has 2 aromatic rings. The second kappa shape index (κ2) is 6.28. The van der Waals surface area contributed by atoms with Gasteiger partial charge in [-0.05, 0) is 37.0 Å². The van der Waals surface area contributed by atoms with Crippen LogP contribution in [0.1, 0.15) is 16.8 Å². The lowest BCUT2D eigenvalue weighted by Crippen LogP contribution is -2.64. The van der Waals surface area contributed by atoms with Crippen LogP contribution in [0.15, 0.2) is 47.2 Å². The molecule has 3 heterocycles. The van der Waals surface area contributed by atoms with E-state index in [1.807, 2.05) is 64.0 Å². The largest absolute Gasteiger partial charge is 0.337 e. The SMILES string of the molecule is CN1CC(=O)N(c2ccccc2)C[C@@]12CCN(C(=O)c1ccsc1)C2. The number of amides is 2. The van der Waals surface area contributed by atoms with E-state index in [2.05, 4.69) is 4.90 Å².